The summed E-state index contributed by atoms with van der Waals surface area (Å²) in [5.41, 5.74) is 0.0340. The van der Waals surface area contributed by atoms with Crippen molar-refractivity contribution in [2.24, 2.45) is 5.41 Å². The summed E-state index contributed by atoms with van der Waals surface area (Å²) in [4.78, 5) is 3.64. The summed E-state index contributed by atoms with van der Waals surface area (Å²) in [7, 11) is 4.23. The standard InChI is InChI=1S/C15H28N2OS/c1-5-15(6-2,12-18)11-16-10-13(17(3)4)14-8-7-9-19-14/h7-9,13,16,18H,5-6,10-12H2,1-4H3. The number of hydrogen-bond donors (Lipinski definition) is 2. The lowest BCUT2D eigenvalue weighted by Gasteiger charge is -2.31. The molecule has 0 spiro atoms. The Morgan fingerprint density at radius 1 is 1.37 bits per heavy atom. The summed E-state index contributed by atoms with van der Waals surface area (Å²) in [6, 6.07) is 4.70. The van der Waals surface area contributed by atoms with Gasteiger partial charge in [0.15, 0.2) is 0 Å². The third kappa shape index (κ3) is 4.56. The number of likely N-dealkylation sites (N-methyl/N-ethyl adjacent to an activating group) is 1. The summed E-state index contributed by atoms with van der Waals surface area (Å²) >= 11 is 1.80. The molecule has 0 aliphatic rings. The van der Waals surface area contributed by atoms with E-state index in [4.69, 9.17) is 0 Å². The minimum Gasteiger partial charge on any atom is -0.396 e. The van der Waals surface area contributed by atoms with E-state index in [-0.39, 0.29) is 12.0 Å². The number of hydrogen-bond acceptors (Lipinski definition) is 4. The van der Waals surface area contributed by atoms with Crippen LogP contribution in [-0.2, 0) is 0 Å². The molecule has 0 bridgehead atoms. The van der Waals surface area contributed by atoms with Crippen molar-refractivity contribution in [3.05, 3.63) is 22.4 Å². The van der Waals surface area contributed by atoms with Gasteiger partial charge in [-0.15, -0.1) is 11.3 Å². The summed E-state index contributed by atoms with van der Waals surface area (Å²) in [6.45, 7) is 6.38. The maximum atomic E-state index is 9.59. The fraction of sp³-hybridized carbons (Fsp3) is 0.733. The van der Waals surface area contributed by atoms with Gasteiger partial charge in [-0.2, -0.15) is 0 Å². The molecule has 110 valence electrons. The number of nitrogens with one attached hydrogen (secondary N) is 1. The lowest BCUT2D eigenvalue weighted by atomic mass is 9.83. The van der Waals surface area contributed by atoms with Gasteiger partial charge in [0.25, 0.3) is 0 Å². The molecule has 2 N–H and O–H groups in total. The fourth-order valence-corrected chi connectivity index (χ4v) is 3.19. The van der Waals surface area contributed by atoms with Crippen LogP contribution in [0.3, 0.4) is 0 Å². The van der Waals surface area contributed by atoms with Gasteiger partial charge in [-0.1, -0.05) is 19.9 Å². The Bertz CT molecular complexity index is 326. The maximum Gasteiger partial charge on any atom is 0.0561 e. The average molecular weight is 284 g/mol. The molecule has 0 aliphatic carbocycles. The molecule has 0 saturated carbocycles. The van der Waals surface area contributed by atoms with Gasteiger partial charge in [-0.25, -0.2) is 0 Å². The van der Waals surface area contributed by atoms with Gasteiger partial charge in [-0.3, -0.25) is 0 Å². The highest BCUT2D eigenvalue weighted by atomic mass is 32.1. The average Bonchev–Trinajstić information content (AvgIpc) is 2.93. The van der Waals surface area contributed by atoms with Crippen molar-refractivity contribution < 1.29 is 5.11 Å². The van der Waals surface area contributed by atoms with Crippen LogP contribution >= 0.6 is 11.3 Å². The fourth-order valence-electron chi connectivity index (χ4n) is 2.27. The summed E-state index contributed by atoms with van der Waals surface area (Å²) in [6.07, 6.45) is 2.03. The second-order valence-corrected chi connectivity index (χ2v) is 6.47. The van der Waals surface area contributed by atoms with E-state index in [1.165, 1.54) is 4.88 Å². The zero-order valence-corrected chi connectivity index (χ0v) is 13.5. The Balaban J connectivity index is 2.54. The highest BCUT2D eigenvalue weighted by Gasteiger charge is 2.25. The van der Waals surface area contributed by atoms with Gasteiger partial charge in [-0.05, 0) is 38.4 Å². The van der Waals surface area contributed by atoms with E-state index in [1.54, 1.807) is 11.3 Å². The first-order chi connectivity index (χ1) is 9.08. The zero-order valence-electron chi connectivity index (χ0n) is 12.6. The molecule has 0 fully saturated rings. The van der Waals surface area contributed by atoms with E-state index >= 15 is 0 Å². The molecule has 1 heterocycles. The van der Waals surface area contributed by atoms with Crippen LogP contribution in [0.2, 0.25) is 0 Å². The molecule has 0 amide bonds. The van der Waals surface area contributed by atoms with Crippen LogP contribution in [0.25, 0.3) is 0 Å². The molecule has 3 nitrogen and oxygen atoms in total. The first-order valence-corrected chi connectivity index (χ1v) is 7.98. The number of thiophene rings is 1. The van der Waals surface area contributed by atoms with Crippen LogP contribution in [0, 0.1) is 5.41 Å². The normalized spacial score (nSPS) is 14.0. The van der Waals surface area contributed by atoms with E-state index in [1.807, 2.05) is 0 Å². The first-order valence-electron chi connectivity index (χ1n) is 7.10. The van der Waals surface area contributed by atoms with Crippen LogP contribution in [0.5, 0.6) is 0 Å². The van der Waals surface area contributed by atoms with Crippen molar-refractivity contribution in [3.63, 3.8) is 0 Å². The van der Waals surface area contributed by atoms with Gasteiger partial charge in [0.2, 0.25) is 0 Å². The Kier molecular flexibility index (Phi) is 7.00. The second kappa shape index (κ2) is 8.00. The van der Waals surface area contributed by atoms with Crippen LogP contribution in [0.4, 0.5) is 0 Å². The van der Waals surface area contributed by atoms with Crippen LogP contribution in [-0.4, -0.2) is 43.8 Å². The molecule has 1 rings (SSSR count). The third-order valence-corrected chi connectivity index (χ3v) is 5.14. The molecule has 0 radical (unpaired) electrons. The lowest BCUT2D eigenvalue weighted by molar-refractivity contribution is 0.111. The quantitative estimate of drug-likeness (QED) is 0.732. The number of aliphatic hydroxyl groups excluding tert-OH is 1. The number of rotatable bonds is 9. The van der Waals surface area contributed by atoms with Gasteiger partial charge in [0.05, 0.1) is 6.04 Å². The molecule has 19 heavy (non-hydrogen) atoms. The maximum absolute atomic E-state index is 9.59. The van der Waals surface area contributed by atoms with Crippen molar-refractivity contribution in [1.29, 1.82) is 0 Å². The van der Waals surface area contributed by atoms with Gasteiger partial charge >= 0.3 is 0 Å². The van der Waals surface area contributed by atoms with Gasteiger partial charge in [0, 0.05) is 30.0 Å². The molecule has 0 aliphatic heterocycles. The van der Waals surface area contributed by atoms with Crippen molar-refractivity contribution >= 4 is 11.3 Å². The molecule has 1 aromatic heterocycles. The molecule has 0 aromatic carbocycles. The largest absolute Gasteiger partial charge is 0.396 e. The van der Waals surface area contributed by atoms with Crippen molar-refractivity contribution in [2.75, 3.05) is 33.8 Å². The van der Waals surface area contributed by atoms with Crippen LogP contribution < -0.4 is 5.32 Å². The van der Waals surface area contributed by atoms with Crippen molar-refractivity contribution in [2.45, 2.75) is 32.7 Å². The van der Waals surface area contributed by atoms with Gasteiger partial charge in [0.1, 0.15) is 0 Å². The lowest BCUT2D eigenvalue weighted by Crippen LogP contribution is -2.40. The molecule has 1 unspecified atom stereocenters. The minimum absolute atomic E-state index is 0.0340. The summed E-state index contributed by atoms with van der Waals surface area (Å²) in [5, 5.41) is 15.3. The zero-order chi connectivity index (χ0) is 14.3. The second-order valence-electron chi connectivity index (χ2n) is 5.49. The predicted molar refractivity (Wildman–Crippen MR) is 83.7 cm³/mol. The Hall–Kier alpha value is -0.420. The smallest absolute Gasteiger partial charge is 0.0561 e. The van der Waals surface area contributed by atoms with E-state index in [9.17, 15) is 5.11 Å². The van der Waals surface area contributed by atoms with E-state index in [2.05, 4.69) is 55.7 Å². The SMILES string of the molecule is CCC(CC)(CO)CNCC(c1cccs1)N(C)C. The molecule has 1 atom stereocenters. The highest BCUT2D eigenvalue weighted by Crippen LogP contribution is 2.26. The Labute approximate surface area is 121 Å². The van der Waals surface area contributed by atoms with Crippen LogP contribution in [0.15, 0.2) is 17.5 Å². The van der Waals surface area contributed by atoms with E-state index in [0.717, 1.165) is 25.9 Å². The summed E-state index contributed by atoms with van der Waals surface area (Å²) in [5.74, 6) is 0. The highest BCUT2D eigenvalue weighted by molar-refractivity contribution is 7.10. The number of aliphatic hydroxyl groups is 1. The Morgan fingerprint density at radius 2 is 2.05 bits per heavy atom. The third-order valence-electron chi connectivity index (χ3n) is 4.17. The van der Waals surface area contributed by atoms with E-state index in [0.29, 0.717) is 6.04 Å². The Morgan fingerprint density at radius 3 is 2.47 bits per heavy atom. The minimum atomic E-state index is 0.0340. The molecular formula is C15H28N2OS. The van der Waals surface area contributed by atoms with Crippen molar-refractivity contribution in [3.8, 4) is 0 Å². The van der Waals surface area contributed by atoms with Gasteiger partial charge < -0.3 is 15.3 Å². The predicted octanol–water partition coefficient (Wildman–Crippen LogP) is 2.74. The first kappa shape index (κ1) is 16.6. The molecule has 0 saturated heterocycles. The van der Waals surface area contributed by atoms with E-state index < -0.39 is 0 Å². The molecule has 4 heteroatoms. The molecular weight excluding hydrogens is 256 g/mol. The number of nitrogens with zero attached hydrogens (tertiary/aromatic N) is 1. The molecule has 1 aromatic rings. The van der Waals surface area contributed by atoms with Crippen molar-refractivity contribution in [1.82, 2.24) is 10.2 Å². The topological polar surface area (TPSA) is 35.5 Å². The monoisotopic (exact) mass is 284 g/mol. The van der Waals surface area contributed by atoms with Crippen LogP contribution in [0.1, 0.15) is 37.6 Å². The summed E-state index contributed by atoms with van der Waals surface area (Å²) < 4.78 is 0.